The number of imidazole rings is 1. The summed E-state index contributed by atoms with van der Waals surface area (Å²) < 4.78 is 12.8. The normalized spacial score (nSPS) is 14.9. The number of benzene rings is 1. The van der Waals surface area contributed by atoms with Gasteiger partial charge in [-0.05, 0) is 44.1 Å². The molecule has 4 aromatic rings. The molecule has 0 atom stereocenters. The van der Waals surface area contributed by atoms with E-state index in [1.54, 1.807) is 19.6 Å². The fourth-order valence-electron chi connectivity index (χ4n) is 3.71. The van der Waals surface area contributed by atoms with Crippen LogP contribution in [0.4, 0.5) is 5.95 Å². The van der Waals surface area contributed by atoms with E-state index in [9.17, 15) is 0 Å². The highest BCUT2D eigenvalue weighted by atomic mass is 16.5. The van der Waals surface area contributed by atoms with E-state index < -0.39 is 0 Å². The number of oxazole rings is 1. The molecule has 0 bridgehead atoms. The third-order valence-corrected chi connectivity index (χ3v) is 5.18. The Labute approximate surface area is 168 Å². The summed E-state index contributed by atoms with van der Waals surface area (Å²) in [6.45, 7) is 2.02. The van der Waals surface area contributed by atoms with E-state index in [1.807, 2.05) is 40.9 Å². The molecule has 1 aliphatic rings. The van der Waals surface area contributed by atoms with Gasteiger partial charge in [0.05, 0.1) is 12.8 Å². The number of ether oxygens (including phenoxy) is 1. The monoisotopic (exact) mass is 390 g/mol. The van der Waals surface area contributed by atoms with Crippen molar-refractivity contribution in [2.75, 3.05) is 25.5 Å². The van der Waals surface area contributed by atoms with Crippen LogP contribution in [-0.4, -0.2) is 45.6 Å². The maximum absolute atomic E-state index is 5.55. The summed E-state index contributed by atoms with van der Waals surface area (Å²) in [6.07, 6.45) is 7.36. The Bertz CT molecular complexity index is 1130. The minimum absolute atomic E-state index is 0.378. The third kappa shape index (κ3) is 3.42. The number of piperidine rings is 1. The van der Waals surface area contributed by atoms with E-state index in [1.165, 1.54) is 0 Å². The standard InChI is InChI=1S/C21H22N6O2/c1-28-16-4-2-3-14(13-16)18-19(27-11-12-29-21(27)26-18)17-7-10-23-20(25-17)24-15-5-8-22-9-6-15/h2-4,7,10-13,15,22H,5-6,8-9H2,1H3,(H,23,24,25). The molecule has 8 heteroatoms. The Balaban J connectivity index is 1.57. The molecular weight excluding hydrogens is 368 g/mol. The van der Waals surface area contributed by atoms with Gasteiger partial charge in [-0.2, -0.15) is 4.98 Å². The van der Waals surface area contributed by atoms with Crippen LogP contribution in [0.3, 0.4) is 0 Å². The number of fused-ring (bicyclic) bond motifs is 1. The smallest absolute Gasteiger partial charge is 0.306 e. The van der Waals surface area contributed by atoms with Crippen LogP contribution in [0.5, 0.6) is 5.75 Å². The molecule has 1 saturated heterocycles. The molecule has 29 heavy (non-hydrogen) atoms. The summed E-state index contributed by atoms with van der Waals surface area (Å²) in [7, 11) is 1.65. The van der Waals surface area contributed by atoms with Gasteiger partial charge in [-0.3, -0.25) is 4.40 Å². The van der Waals surface area contributed by atoms with Gasteiger partial charge in [0.2, 0.25) is 5.95 Å². The molecule has 148 valence electrons. The molecule has 3 aromatic heterocycles. The molecule has 0 amide bonds. The molecule has 8 nitrogen and oxygen atoms in total. The van der Waals surface area contributed by atoms with E-state index in [0.29, 0.717) is 17.8 Å². The van der Waals surface area contributed by atoms with Gasteiger partial charge in [-0.1, -0.05) is 12.1 Å². The fraction of sp³-hybridized carbons (Fsp3) is 0.286. The number of nitrogens with one attached hydrogen (secondary N) is 2. The van der Waals surface area contributed by atoms with Gasteiger partial charge in [0, 0.05) is 24.0 Å². The molecule has 0 saturated carbocycles. The van der Waals surface area contributed by atoms with Crippen molar-refractivity contribution in [3.8, 4) is 28.4 Å². The van der Waals surface area contributed by atoms with Gasteiger partial charge in [0.25, 0.3) is 0 Å². The summed E-state index contributed by atoms with van der Waals surface area (Å²) in [4.78, 5) is 13.9. The molecule has 0 unspecified atom stereocenters. The van der Waals surface area contributed by atoms with Gasteiger partial charge in [-0.15, -0.1) is 0 Å². The maximum atomic E-state index is 5.55. The van der Waals surface area contributed by atoms with Crippen LogP contribution >= 0.6 is 0 Å². The van der Waals surface area contributed by atoms with Gasteiger partial charge >= 0.3 is 5.84 Å². The van der Waals surface area contributed by atoms with Crippen molar-refractivity contribution in [2.45, 2.75) is 18.9 Å². The van der Waals surface area contributed by atoms with Crippen LogP contribution in [0.2, 0.25) is 0 Å². The zero-order valence-corrected chi connectivity index (χ0v) is 16.1. The molecule has 4 heterocycles. The zero-order chi connectivity index (χ0) is 19.6. The lowest BCUT2D eigenvalue weighted by Gasteiger charge is -2.23. The second-order valence-electron chi connectivity index (χ2n) is 7.03. The number of hydrogen-bond donors (Lipinski definition) is 2. The van der Waals surface area contributed by atoms with Gasteiger partial charge in [-0.25, -0.2) is 9.97 Å². The average molecular weight is 390 g/mol. The highest BCUT2D eigenvalue weighted by molar-refractivity contribution is 5.80. The predicted molar refractivity (Wildman–Crippen MR) is 110 cm³/mol. The topological polar surface area (TPSA) is 89.5 Å². The highest BCUT2D eigenvalue weighted by Gasteiger charge is 2.20. The van der Waals surface area contributed by atoms with E-state index in [0.717, 1.165) is 54.3 Å². The molecule has 5 rings (SSSR count). The third-order valence-electron chi connectivity index (χ3n) is 5.18. The van der Waals surface area contributed by atoms with E-state index >= 15 is 0 Å². The molecule has 0 spiro atoms. The van der Waals surface area contributed by atoms with Crippen molar-refractivity contribution < 1.29 is 9.15 Å². The first-order chi connectivity index (χ1) is 14.3. The number of nitrogens with zero attached hydrogens (tertiary/aromatic N) is 4. The van der Waals surface area contributed by atoms with E-state index in [4.69, 9.17) is 19.1 Å². The lowest BCUT2D eigenvalue weighted by atomic mass is 10.1. The van der Waals surface area contributed by atoms with E-state index in [-0.39, 0.29) is 0 Å². The van der Waals surface area contributed by atoms with Crippen molar-refractivity contribution in [1.29, 1.82) is 0 Å². The number of aromatic nitrogens is 4. The van der Waals surface area contributed by atoms with Crippen molar-refractivity contribution in [3.63, 3.8) is 0 Å². The Morgan fingerprint density at radius 1 is 1.21 bits per heavy atom. The Morgan fingerprint density at radius 3 is 2.97 bits per heavy atom. The van der Waals surface area contributed by atoms with Crippen LogP contribution in [0.25, 0.3) is 28.5 Å². The number of hydrogen-bond acceptors (Lipinski definition) is 7. The lowest BCUT2D eigenvalue weighted by molar-refractivity contribution is 0.415. The number of rotatable bonds is 5. The van der Waals surface area contributed by atoms with Crippen molar-refractivity contribution >= 4 is 11.8 Å². The SMILES string of the molecule is COc1cccc(-c2nc3occn3c2-c2ccnc(NC3CCNCC3)n2)c1. The van der Waals surface area contributed by atoms with Crippen LogP contribution in [0, 0.1) is 0 Å². The highest BCUT2D eigenvalue weighted by Crippen LogP contribution is 2.33. The van der Waals surface area contributed by atoms with Crippen LogP contribution in [0.15, 0.2) is 53.4 Å². The Morgan fingerprint density at radius 2 is 2.10 bits per heavy atom. The van der Waals surface area contributed by atoms with Crippen molar-refractivity contribution in [2.24, 2.45) is 0 Å². The van der Waals surface area contributed by atoms with Crippen LogP contribution in [0.1, 0.15) is 12.8 Å². The summed E-state index contributed by atoms with van der Waals surface area (Å²) in [5.74, 6) is 1.92. The first kappa shape index (κ1) is 17.7. The molecule has 1 aromatic carbocycles. The van der Waals surface area contributed by atoms with Crippen molar-refractivity contribution in [3.05, 3.63) is 49.0 Å². The van der Waals surface area contributed by atoms with Crippen molar-refractivity contribution in [1.82, 2.24) is 24.7 Å². The second kappa shape index (κ2) is 7.56. The van der Waals surface area contributed by atoms with Crippen LogP contribution < -0.4 is 15.4 Å². The fourth-order valence-corrected chi connectivity index (χ4v) is 3.71. The maximum Gasteiger partial charge on any atom is 0.306 e. The first-order valence-electron chi connectivity index (χ1n) is 9.72. The van der Waals surface area contributed by atoms with E-state index in [2.05, 4.69) is 15.6 Å². The molecular formula is C21H22N6O2. The Hall–Kier alpha value is -3.39. The second-order valence-corrected chi connectivity index (χ2v) is 7.03. The Kier molecular flexibility index (Phi) is 4.61. The predicted octanol–water partition coefficient (Wildman–Crippen LogP) is 3.22. The molecule has 1 aliphatic heterocycles. The quantitative estimate of drug-likeness (QED) is 0.541. The average Bonchev–Trinajstić information content (AvgIpc) is 3.36. The minimum Gasteiger partial charge on any atom is -0.497 e. The zero-order valence-electron chi connectivity index (χ0n) is 16.1. The first-order valence-corrected chi connectivity index (χ1v) is 9.72. The summed E-state index contributed by atoms with van der Waals surface area (Å²) in [5, 5.41) is 6.84. The summed E-state index contributed by atoms with van der Waals surface area (Å²) in [6, 6.07) is 10.1. The number of anilines is 1. The largest absolute Gasteiger partial charge is 0.497 e. The summed E-state index contributed by atoms with van der Waals surface area (Å²) in [5.41, 5.74) is 3.36. The van der Waals surface area contributed by atoms with Crippen LogP contribution in [-0.2, 0) is 0 Å². The molecule has 0 aliphatic carbocycles. The molecule has 2 N–H and O–H groups in total. The van der Waals surface area contributed by atoms with Gasteiger partial charge in [0.1, 0.15) is 23.4 Å². The molecule has 1 fully saturated rings. The van der Waals surface area contributed by atoms with Gasteiger partial charge < -0.3 is 19.8 Å². The number of methoxy groups -OCH3 is 1. The molecule has 0 radical (unpaired) electrons. The summed E-state index contributed by atoms with van der Waals surface area (Å²) >= 11 is 0. The van der Waals surface area contributed by atoms with Gasteiger partial charge in [0.15, 0.2) is 0 Å². The minimum atomic E-state index is 0.378. The lowest BCUT2D eigenvalue weighted by Crippen LogP contribution is -2.35.